The van der Waals surface area contributed by atoms with Gasteiger partial charge in [-0.25, -0.2) is 13.8 Å². The van der Waals surface area contributed by atoms with E-state index in [0.29, 0.717) is 6.54 Å². The summed E-state index contributed by atoms with van der Waals surface area (Å²) in [5.74, 6) is 2.57. The number of carbonyl (C=O) groups excluding carboxylic acids is 2. The molecule has 30 heavy (non-hydrogen) atoms. The first-order valence-electron chi connectivity index (χ1n) is 8.96. The molecule has 2 aromatic rings. The molecule has 2 unspecified atom stereocenters. The number of likely N-dealkylation sites (N-methyl/N-ethyl adjacent to an activating group) is 1. The summed E-state index contributed by atoms with van der Waals surface area (Å²) in [6.45, 7) is 2.96. The molecule has 2 atom stereocenters. The Morgan fingerprint density at radius 1 is 1.50 bits per heavy atom. The molecule has 1 aliphatic heterocycles. The van der Waals surface area contributed by atoms with Crippen LogP contribution in [0.2, 0.25) is 0 Å². The van der Waals surface area contributed by atoms with Gasteiger partial charge in [0.1, 0.15) is 18.2 Å². The van der Waals surface area contributed by atoms with E-state index in [9.17, 15) is 19.1 Å². The summed E-state index contributed by atoms with van der Waals surface area (Å²) in [5.41, 5.74) is 3.49. The number of aromatic nitrogens is 1. The van der Waals surface area contributed by atoms with Crippen molar-refractivity contribution in [3.63, 3.8) is 0 Å². The summed E-state index contributed by atoms with van der Waals surface area (Å²) in [6.07, 6.45) is -1.63. The second-order valence-electron chi connectivity index (χ2n) is 6.90. The maximum absolute atomic E-state index is 15.1. The van der Waals surface area contributed by atoms with Gasteiger partial charge < -0.3 is 20.5 Å². The third-order valence-corrected chi connectivity index (χ3v) is 5.87. The number of nitrogens with zero attached hydrogens (tertiary/aromatic N) is 2. The Labute approximate surface area is 175 Å². The highest BCUT2D eigenvalue weighted by Crippen LogP contribution is 2.45. The van der Waals surface area contributed by atoms with Crippen LogP contribution in [0.1, 0.15) is 34.1 Å². The lowest BCUT2D eigenvalue weighted by Crippen LogP contribution is -2.35. The molecule has 158 valence electrons. The number of aliphatic hydroxyl groups excluding tert-OH is 1. The van der Waals surface area contributed by atoms with Gasteiger partial charge in [0.25, 0.3) is 11.8 Å². The fourth-order valence-corrected chi connectivity index (χ4v) is 3.72. The largest absolute Gasteiger partial charge is 0.489 e. The Hall–Kier alpha value is -3.03. The number of amides is 2. The summed E-state index contributed by atoms with van der Waals surface area (Å²) in [6, 6.07) is 2.31. The van der Waals surface area contributed by atoms with Crippen molar-refractivity contribution >= 4 is 23.2 Å². The zero-order chi connectivity index (χ0) is 22.2. The molecule has 0 fully saturated rings. The van der Waals surface area contributed by atoms with E-state index < -0.39 is 36.0 Å². The van der Waals surface area contributed by atoms with E-state index in [0.717, 1.165) is 17.4 Å². The first-order chi connectivity index (χ1) is 14.0. The summed E-state index contributed by atoms with van der Waals surface area (Å²) >= 11 is 0.805. The number of fused-ring (bicyclic) bond motifs is 3. The van der Waals surface area contributed by atoms with Gasteiger partial charge in [0.15, 0.2) is 16.8 Å². The molecule has 3 N–H and O–H groups in total. The highest BCUT2D eigenvalue weighted by Gasteiger charge is 2.38. The van der Waals surface area contributed by atoms with E-state index in [1.54, 1.807) is 6.92 Å². The van der Waals surface area contributed by atoms with Gasteiger partial charge in [0.2, 0.25) is 0 Å². The Bertz CT molecular complexity index is 1090. The van der Waals surface area contributed by atoms with Gasteiger partial charge in [0.05, 0.1) is 16.1 Å². The molecule has 10 heteroatoms. The number of hydrogen-bond donors (Lipinski definition) is 2. The van der Waals surface area contributed by atoms with Gasteiger partial charge in [-0.15, -0.1) is 11.3 Å². The van der Waals surface area contributed by atoms with Crippen molar-refractivity contribution in [1.82, 2.24) is 9.88 Å². The first kappa shape index (κ1) is 21.7. The van der Waals surface area contributed by atoms with Crippen molar-refractivity contribution in [3.8, 4) is 28.8 Å². The highest BCUT2D eigenvalue weighted by molar-refractivity contribution is 7.14. The van der Waals surface area contributed by atoms with Gasteiger partial charge in [-0.1, -0.05) is 11.8 Å². The SMILES string of the molecule is CCN(C)C(=O)C(O)C#Cc1cc2c(cc1F)OCC(C)(F)c1sc(C(N)=O)nc1-2. The van der Waals surface area contributed by atoms with Crippen LogP contribution >= 0.6 is 11.3 Å². The minimum atomic E-state index is -1.98. The topological polar surface area (TPSA) is 106 Å². The van der Waals surface area contributed by atoms with Crippen LogP contribution in [0.5, 0.6) is 5.75 Å². The molecule has 3 rings (SSSR count). The number of halogens is 2. The quantitative estimate of drug-likeness (QED) is 0.716. The number of benzene rings is 1. The lowest BCUT2D eigenvalue weighted by atomic mass is 10.0. The number of alkyl halides is 1. The van der Waals surface area contributed by atoms with E-state index in [4.69, 9.17) is 10.5 Å². The van der Waals surface area contributed by atoms with E-state index in [-0.39, 0.29) is 32.5 Å². The number of thiazole rings is 1. The number of aliphatic hydroxyl groups is 1. The maximum Gasteiger partial charge on any atom is 0.277 e. The van der Waals surface area contributed by atoms with Crippen LogP contribution in [-0.4, -0.2) is 53.1 Å². The smallest absolute Gasteiger partial charge is 0.277 e. The number of hydrogen-bond acceptors (Lipinski definition) is 6. The molecule has 0 aliphatic carbocycles. The van der Waals surface area contributed by atoms with Crippen LogP contribution in [0.15, 0.2) is 12.1 Å². The van der Waals surface area contributed by atoms with Gasteiger partial charge >= 0.3 is 0 Å². The van der Waals surface area contributed by atoms with E-state index >= 15 is 4.39 Å². The van der Waals surface area contributed by atoms with Crippen LogP contribution < -0.4 is 10.5 Å². The molecule has 1 aromatic carbocycles. The third-order valence-electron chi connectivity index (χ3n) is 4.56. The molecular weight excluding hydrogens is 416 g/mol. The minimum Gasteiger partial charge on any atom is -0.489 e. The van der Waals surface area contributed by atoms with Gasteiger partial charge in [-0.05, 0) is 19.9 Å². The lowest BCUT2D eigenvalue weighted by Gasteiger charge is -2.16. The highest BCUT2D eigenvalue weighted by atomic mass is 32.1. The third kappa shape index (κ3) is 3.99. The average Bonchev–Trinajstić information content (AvgIpc) is 3.13. The monoisotopic (exact) mass is 435 g/mol. The van der Waals surface area contributed by atoms with Crippen LogP contribution in [0, 0.1) is 17.7 Å². The second-order valence-corrected chi connectivity index (χ2v) is 7.90. The predicted octanol–water partition coefficient (Wildman–Crippen LogP) is 1.82. The molecule has 2 amide bonds. The molecule has 0 saturated heterocycles. The van der Waals surface area contributed by atoms with Crippen molar-refractivity contribution in [1.29, 1.82) is 0 Å². The van der Waals surface area contributed by atoms with Gasteiger partial charge in [-0.2, -0.15) is 0 Å². The van der Waals surface area contributed by atoms with Crippen molar-refractivity contribution in [2.24, 2.45) is 5.73 Å². The summed E-state index contributed by atoms with van der Waals surface area (Å²) in [5, 5.41) is 9.84. The Kier molecular flexibility index (Phi) is 5.78. The molecule has 0 bridgehead atoms. The lowest BCUT2D eigenvalue weighted by molar-refractivity contribution is -0.135. The molecule has 2 heterocycles. The average molecular weight is 435 g/mol. The van der Waals surface area contributed by atoms with Crippen LogP contribution in [0.25, 0.3) is 11.3 Å². The number of nitrogens with two attached hydrogens (primary N) is 1. The normalized spacial score (nSPS) is 18.1. The summed E-state index contributed by atoms with van der Waals surface area (Å²) in [4.78, 5) is 29.0. The number of primary amides is 1. The zero-order valence-electron chi connectivity index (χ0n) is 16.5. The zero-order valence-corrected chi connectivity index (χ0v) is 17.3. The fourth-order valence-electron chi connectivity index (χ4n) is 2.77. The molecule has 0 spiro atoms. The van der Waals surface area contributed by atoms with Crippen molar-refractivity contribution < 1.29 is 28.2 Å². The molecule has 0 radical (unpaired) electrons. The van der Waals surface area contributed by atoms with Crippen molar-refractivity contribution in [3.05, 3.63) is 33.4 Å². The van der Waals surface area contributed by atoms with Crippen molar-refractivity contribution in [2.75, 3.05) is 20.2 Å². The molecular formula is C20H19F2N3O4S. The Morgan fingerprint density at radius 2 is 2.20 bits per heavy atom. The molecule has 1 aromatic heterocycles. The predicted molar refractivity (Wildman–Crippen MR) is 106 cm³/mol. The minimum absolute atomic E-state index is 0.0318. The van der Waals surface area contributed by atoms with Crippen molar-refractivity contribution in [2.45, 2.75) is 25.6 Å². The molecule has 7 nitrogen and oxygen atoms in total. The number of rotatable bonds is 3. The molecule has 1 aliphatic rings. The Balaban J connectivity index is 2.09. The number of carbonyl (C=O) groups is 2. The van der Waals surface area contributed by atoms with Gasteiger partial charge in [0, 0.05) is 25.2 Å². The standard InChI is InChI=1S/C20H19F2N3O4S/c1-4-25(3)19(28)13(26)6-5-10-7-11-14(8-12(10)21)29-9-20(2,22)16-15(11)24-18(30-16)17(23)27/h7-8,13,26H,4,9H2,1-3H3,(H2,23,27). The number of ether oxygens (including phenoxy) is 1. The Morgan fingerprint density at radius 3 is 2.83 bits per heavy atom. The summed E-state index contributed by atoms with van der Waals surface area (Å²) < 4.78 is 35.1. The van der Waals surface area contributed by atoms with E-state index in [1.165, 1.54) is 24.9 Å². The van der Waals surface area contributed by atoms with Crippen LogP contribution in [0.4, 0.5) is 8.78 Å². The summed E-state index contributed by atoms with van der Waals surface area (Å²) in [7, 11) is 1.50. The van der Waals surface area contributed by atoms with Crippen LogP contribution in [0.3, 0.4) is 0 Å². The second kappa shape index (κ2) is 8.01. The van der Waals surface area contributed by atoms with Gasteiger partial charge in [-0.3, -0.25) is 9.59 Å². The maximum atomic E-state index is 15.1. The first-order valence-corrected chi connectivity index (χ1v) is 9.78. The van der Waals surface area contributed by atoms with Crippen LogP contribution in [-0.2, 0) is 10.5 Å². The van der Waals surface area contributed by atoms with E-state index in [1.807, 2.05) is 0 Å². The molecule has 0 saturated carbocycles. The van der Waals surface area contributed by atoms with E-state index in [2.05, 4.69) is 16.8 Å². The fraction of sp³-hybridized carbons (Fsp3) is 0.350.